The molecule has 86 valence electrons. The van der Waals surface area contributed by atoms with Gasteiger partial charge < -0.3 is 10.6 Å². The van der Waals surface area contributed by atoms with Crippen molar-refractivity contribution in [1.82, 2.24) is 15.6 Å². The Balaban J connectivity index is 1.65. The molecule has 16 heavy (non-hydrogen) atoms. The second-order valence-corrected chi connectivity index (χ2v) is 6.05. The molecule has 4 nitrogen and oxygen atoms in total. The lowest BCUT2D eigenvalue weighted by molar-refractivity contribution is 0.0924. The Morgan fingerprint density at radius 1 is 1.62 bits per heavy atom. The van der Waals surface area contributed by atoms with Crippen LogP contribution in [0, 0.1) is 5.92 Å². The average Bonchev–Trinajstić information content (AvgIpc) is 2.92. The molecule has 1 saturated heterocycles. The molecule has 0 radical (unpaired) electrons. The number of hydrogen-bond acceptors (Lipinski definition) is 4. The first kappa shape index (κ1) is 10.5. The van der Waals surface area contributed by atoms with Crippen LogP contribution in [0.1, 0.15) is 22.6 Å². The minimum absolute atomic E-state index is 0.0885. The summed E-state index contributed by atoms with van der Waals surface area (Å²) in [5.41, 5.74) is 0. The molecule has 0 spiro atoms. The van der Waals surface area contributed by atoms with Crippen molar-refractivity contribution in [2.75, 3.05) is 6.54 Å². The zero-order valence-electron chi connectivity index (χ0n) is 8.57. The minimum Gasteiger partial charge on any atom is -0.347 e. The number of fused-ring (bicyclic) bond motifs is 2. The van der Waals surface area contributed by atoms with Gasteiger partial charge in [0.1, 0.15) is 4.34 Å². The average molecular weight is 258 g/mol. The summed E-state index contributed by atoms with van der Waals surface area (Å²) in [6.07, 6.45) is 3.74. The molecular formula is C10H12ClN3OS. The van der Waals surface area contributed by atoms with E-state index >= 15 is 0 Å². The number of aromatic nitrogens is 1. The van der Waals surface area contributed by atoms with Crippen molar-refractivity contribution < 1.29 is 4.79 Å². The summed E-state index contributed by atoms with van der Waals surface area (Å²) in [4.78, 5) is 15.8. The third kappa shape index (κ3) is 1.83. The van der Waals surface area contributed by atoms with E-state index in [9.17, 15) is 4.79 Å². The van der Waals surface area contributed by atoms with Crippen LogP contribution in [0.2, 0.25) is 4.34 Å². The van der Waals surface area contributed by atoms with Gasteiger partial charge >= 0.3 is 0 Å². The summed E-state index contributed by atoms with van der Waals surface area (Å²) in [5.74, 6) is 0.499. The highest BCUT2D eigenvalue weighted by Crippen LogP contribution is 2.31. The first-order valence-electron chi connectivity index (χ1n) is 5.38. The van der Waals surface area contributed by atoms with Crippen LogP contribution in [0.3, 0.4) is 0 Å². The van der Waals surface area contributed by atoms with E-state index < -0.39 is 0 Å². The van der Waals surface area contributed by atoms with Gasteiger partial charge in [0.25, 0.3) is 5.91 Å². The molecule has 2 bridgehead atoms. The molecular weight excluding hydrogens is 246 g/mol. The first-order chi connectivity index (χ1) is 7.72. The molecule has 2 heterocycles. The van der Waals surface area contributed by atoms with Gasteiger partial charge in [-0.05, 0) is 18.8 Å². The van der Waals surface area contributed by atoms with Crippen LogP contribution in [0.4, 0.5) is 0 Å². The first-order valence-corrected chi connectivity index (χ1v) is 6.57. The second-order valence-electron chi connectivity index (χ2n) is 4.39. The van der Waals surface area contributed by atoms with Crippen LogP contribution in [0.25, 0.3) is 0 Å². The molecule has 1 aliphatic carbocycles. The number of nitrogens with zero attached hydrogens (tertiary/aromatic N) is 1. The molecule has 0 aromatic carbocycles. The molecule has 3 atom stereocenters. The predicted molar refractivity (Wildman–Crippen MR) is 62.9 cm³/mol. The number of amides is 1. The van der Waals surface area contributed by atoms with E-state index in [1.54, 1.807) is 0 Å². The van der Waals surface area contributed by atoms with Gasteiger partial charge in [0.05, 0.1) is 6.20 Å². The second kappa shape index (κ2) is 3.98. The fourth-order valence-corrected chi connectivity index (χ4v) is 3.42. The Labute approximate surface area is 102 Å². The zero-order valence-corrected chi connectivity index (χ0v) is 10.1. The summed E-state index contributed by atoms with van der Waals surface area (Å²) >= 11 is 6.98. The van der Waals surface area contributed by atoms with E-state index in [0.29, 0.717) is 27.3 Å². The molecule has 1 aromatic rings. The van der Waals surface area contributed by atoms with Gasteiger partial charge in [0, 0.05) is 18.6 Å². The molecule has 1 amide bonds. The highest BCUT2D eigenvalue weighted by Gasteiger charge is 2.40. The van der Waals surface area contributed by atoms with Crippen LogP contribution in [0.5, 0.6) is 0 Å². The number of hydrogen-bond donors (Lipinski definition) is 2. The lowest BCUT2D eigenvalue weighted by atomic mass is 10.0. The van der Waals surface area contributed by atoms with Crippen LogP contribution in [-0.2, 0) is 0 Å². The molecule has 1 aliphatic heterocycles. The number of halogens is 1. The van der Waals surface area contributed by atoms with Crippen molar-refractivity contribution in [3.63, 3.8) is 0 Å². The SMILES string of the molecule is O=C(NC1CC2CC1CN2)c1ncc(Cl)s1. The van der Waals surface area contributed by atoms with Crippen LogP contribution < -0.4 is 10.6 Å². The number of carbonyl (C=O) groups excluding carboxylic acids is 1. The smallest absolute Gasteiger partial charge is 0.280 e. The fourth-order valence-electron chi connectivity index (χ4n) is 2.60. The van der Waals surface area contributed by atoms with Gasteiger partial charge in [0.15, 0.2) is 5.01 Å². The Kier molecular flexibility index (Phi) is 2.61. The summed E-state index contributed by atoms with van der Waals surface area (Å²) in [6.45, 7) is 1.02. The topological polar surface area (TPSA) is 54.0 Å². The molecule has 2 fully saturated rings. The largest absolute Gasteiger partial charge is 0.347 e. The summed E-state index contributed by atoms with van der Waals surface area (Å²) in [7, 11) is 0. The molecule has 1 aromatic heterocycles. The van der Waals surface area contributed by atoms with Crippen molar-refractivity contribution >= 4 is 28.8 Å². The summed E-state index contributed by atoms with van der Waals surface area (Å²) in [6, 6.07) is 0.900. The van der Waals surface area contributed by atoms with Crippen molar-refractivity contribution in [2.45, 2.75) is 24.9 Å². The van der Waals surface area contributed by atoms with Gasteiger partial charge in [-0.3, -0.25) is 4.79 Å². The van der Waals surface area contributed by atoms with Gasteiger partial charge in [-0.1, -0.05) is 22.9 Å². The molecule has 3 unspecified atom stereocenters. The third-order valence-electron chi connectivity index (χ3n) is 3.35. The Morgan fingerprint density at radius 2 is 2.50 bits per heavy atom. The summed E-state index contributed by atoms with van der Waals surface area (Å²) in [5, 5.41) is 6.93. The van der Waals surface area contributed by atoms with E-state index in [0.717, 1.165) is 13.0 Å². The number of piperidine rings is 1. The maximum atomic E-state index is 11.8. The van der Waals surface area contributed by atoms with E-state index in [1.807, 2.05) is 0 Å². The predicted octanol–water partition coefficient (Wildman–Crippen LogP) is 1.28. The Hall–Kier alpha value is -0.650. The van der Waals surface area contributed by atoms with Gasteiger partial charge in [0.2, 0.25) is 0 Å². The molecule has 1 saturated carbocycles. The van der Waals surface area contributed by atoms with E-state index in [4.69, 9.17) is 11.6 Å². The van der Waals surface area contributed by atoms with E-state index in [-0.39, 0.29) is 5.91 Å². The normalized spacial score (nSPS) is 31.9. The van der Waals surface area contributed by atoms with E-state index in [2.05, 4.69) is 15.6 Å². The van der Waals surface area contributed by atoms with Crippen LogP contribution >= 0.6 is 22.9 Å². The third-order valence-corrected chi connectivity index (χ3v) is 4.47. The Bertz CT molecular complexity index is 422. The van der Waals surface area contributed by atoms with Crippen molar-refractivity contribution in [3.8, 4) is 0 Å². The van der Waals surface area contributed by atoms with Gasteiger partial charge in [-0.25, -0.2) is 4.98 Å². The Morgan fingerprint density at radius 3 is 3.06 bits per heavy atom. The van der Waals surface area contributed by atoms with Crippen molar-refractivity contribution in [1.29, 1.82) is 0 Å². The minimum atomic E-state index is -0.0885. The number of carbonyl (C=O) groups is 1. The lowest BCUT2D eigenvalue weighted by Crippen LogP contribution is -2.44. The van der Waals surface area contributed by atoms with Crippen molar-refractivity contribution in [2.24, 2.45) is 5.92 Å². The van der Waals surface area contributed by atoms with E-state index in [1.165, 1.54) is 24.0 Å². The van der Waals surface area contributed by atoms with Crippen molar-refractivity contribution in [3.05, 3.63) is 15.5 Å². The fraction of sp³-hybridized carbons (Fsp3) is 0.600. The number of nitrogens with one attached hydrogen (secondary N) is 2. The molecule has 3 rings (SSSR count). The number of thiazole rings is 1. The lowest BCUT2D eigenvalue weighted by Gasteiger charge is -2.22. The van der Waals surface area contributed by atoms with Crippen LogP contribution in [-0.4, -0.2) is 29.5 Å². The summed E-state index contributed by atoms with van der Waals surface area (Å²) < 4.78 is 0.555. The highest BCUT2D eigenvalue weighted by atomic mass is 35.5. The standard InChI is InChI=1S/C10H12ClN3OS/c11-8-4-13-10(16-8)9(15)14-7-2-6-1-5(7)3-12-6/h4-7,12H,1-3H2,(H,14,15). The molecule has 2 N–H and O–H groups in total. The quantitative estimate of drug-likeness (QED) is 0.839. The van der Waals surface area contributed by atoms with Gasteiger partial charge in [-0.2, -0.15) is 0 Å². The monoisotopic (exact) mass is 257 g/mol. The zero-order chi connectivity index (χ0) is 11.1. The maximum Gasteiger partial charge on any atom is 0.280 e. The van der Waals surface area contributed by atoms with Crippen LogP contribution in [0.15, 0.2) is 6.20 Å². The number of rotatable bonds is 2. The molecule has 2 aliphatic rings. The highest BCUT2D eigenvalue weighted by molar-refractivity contribution is 7.17. The van der Waals surface area contributed by atoms with Gasteiger partial charge in [-0.15, -0.1) is 0 Å². The molecule has 6 heteroatoms. The maximum absolute atomic E-state index is 11.8.